The maximum absolute atomic E-state index is 6.53. The molecule has 0 aliphatic rings. The molecular weight excluding hydrogens is 526 g/mol. The minimum Gasteiger partial charge on any atom is -0.489 e. The molecule has 8 heteroatoms. The van der Waals surface area contributed by atoms with E-state index in [9.17, 15) is 0 Å². The number of halogens is 4. The van der Waals surface area contributed by atoms with Crippen molar-refractivity contribution in [3.05, 3.63) is 116 Å². The van der Waals surface area contributed by atoms with Gasteiger partial charge in [0.2, 0.25) is 6.33 Å². The van der Waals surface area contributed by atoms with Crippen molar-refractivity contribution in [2.75, 3.05) is 6.61 Å². The van der Waals surface area contributed by atoms with Crippen LogP contribution in [0, 0.1) is 6.92 Å². The number of aryl methyl sites for hydroxylation is 1. The average molecular weight is 551 g/mol. The lowest BCUT2D eigenvalue weighted by molar-refractivity contribution is -0.704. The summed E-state index contributed by atoms with van der Waals surface area (Å²) < 4.78 is 16.3. The zero-order valence-corrected chi connectivity index (χ0v) is 22.2. The van der Waals surface area contributed by atoms with E-state index in [1.807, 2.05) is 61.2 Å². The summed E-state index contributed by atoms with van der Waals surface area (Å²) in [5, 5.41) is 2.27. The number of rotatable bonds is 10. The summed E-state index contributed by atoms with van der Waals surface area (Å²) in [4.78, 5) is 0. The zero-order valence-electron chi connectivity index (χ0n) is 19.1. The minimum absolute atomic E-state index is 0.311. The summed E-state index contributed by atoms with van der Waals surface area (Å²) in [5.74, 6) is 0.863. The molecule has 35 heavy (non-hydrogen) atoms. The van der Waals surface area contributed by atoms with E-state index in [0.717, 1.165) is 16.9 Å². The van der Waals surface area contributed by atoms with E-state index in [1.54, 1.807) is 18.2 Å². The van der Waals surface area contributed by atoms with Crippen LogP contribution in [0.5, 0.6) is 5.75 Å². The minimum atomic E-state index is -0.323. The number of aromatic nitrogens is 2. The fourth-order valence-corrected chi connectivity index (χ4v) is 4.60. The Kier molecular flexibility index (Phi) is 8.99. The van der Waals surface area contributed by atoms with E-state index >= 15 is 0 Å². The van der Waals surface area contributed by atoms with E-state index in [4.69, 9.17) is 55.9 Å². The molecule has 0 saturated heterocycles. The van der Waals surface area contributed by atoms with Crippen molar-refractivity contribution in [3.63, 3.8) is 0 Å². The SMILES string of the molecule is Cc1ccc(OCCn2cc[n+](CC(OCc3ccc(Cl)cc3Cl)c3ccc(Cl)cc3Cl)c2)cc1. The highest BCUT2D eigenvalue weighted by Gasteiger charge is 2.20. The Labute approximate surface area is 225 Å². The number of nitrogens with zero attached hydrogens (tertiary/aromatic N) is 2. The Morgan fingerprint density at radius 3 is 2.31 bits per heavy atom. The quantitative estimate of drug-likeness (QED) is 0.189. The molecule has 0 aliphatic heterocycles. The van der Waals surface area contributed by atoms with Gasteiger partial charge in [-0.05, 0) is 48.9 Å². The van der Waals surface area contributed by atoms with Crippen LogP contribution in [0.15, 0.2) is 79.4 Å². The van der Waals surface area contributed by atoms with Gasteiger partial charge in [0.15, 0.2) is 0 Å². The van der Waals surface area contributed by atoms with Crippen LogP contribution in [0.25, 0.3) is 0 Å². The van der Waals surface area contributed by atoms with Gasteiger partial charge < -0.3 is 9.47 Å². The van der Waals surface area contributed by atoms with Crippen molar-refractivity contribution in [2.24, 2.45) is 0 Å². The Hall–Kier alpha value is -2.21. The molecule has 3 aromatic carbocycles. The summed E-state index contributed by atoms with van der Waals surface area (Å²) in [6.45, 7) is 4.20. The van der Waals surface area contributed by atoms with Gasteiger partial charge in [0, 0.05) is 25.7 Å². The van der Waals surface area contributed by atoms with E-state index < -0.39 is 0 Å². The second-order valence-electron chi connectivity index (χ2n) is 8.21. The van der Waals surface area contributed by atoms with E-state index in [2.05, 4.69) is 16.1 Å². The maximum atomic E-state index is 6.53. The topological polar surface area (TPSA) is 27.3 Å². The van der Waals surface area contributed by atoms with Crippen molar-refractivity contribution in [2.45, 2.75) is 32.7 Å². The first kappa shape index (κ1) is 25.9. The Balaban J connectivity index is 1.43. The van der Waals surface area contributed by atoms with Gasteiger partial charge in [-0.25, -0.2) is 9.13 Å². The van der Waals surface area contributed by atoms with Crippen LogP contribution in [-0.2, 0) is 24.4 Å². The number of benzene rings is 3. The van der Waals surface area contributed by atoms with Crippen molar-refractivity contribution in [3.8, 4) is 5.75 Å². The van der Waals surface area contributed by atoms with Gasteiger partial charge in [-0.2, -0.15) is 0 Å². The van der Waals surface area contributed by atoms with Crippen molar-refractivity contribution in [1.29, 1.82) is 0 Å². The molecule has 0 radical (unpaired) electrons. The molecular formula is C27H25Cl4N2O2+. The van der Waals surface area contributed by atoms with Crippen LogP contribution >= 0.6 is 46.4 Å². The molecule has 1 heterocycles. The Morgan fingerprint density at radius 1 is 0.886 bits per heavy atom. The standard InChI is InChI=1S/C27H25Cl4N2O2/c1-19-2-7-23(8-3-19)34-13-12-32-10-11-33(18-32)16-27(24-9-6-22(29)15-26(24)31)35-17-20-4-5-21(28)14-25(20)30/h2-11,14-15,18,27H,12-13,16-17H2,1H3/q+1. The fraction of sp³-hybridized carbons (Fsp3) is 0.222. The molecule has 1 aromatic heterocycles. The van der Waals surface area contributed by atoms with Crippen LogP contribution in [0.2, 0.25) is 20.1 Å². The third-order valence-electron chi connectivity index (χ3n) is 5.53. The molecule has 0 amide bonds. The molecule has 182 valence electrons. The second-order valence-corrected chi connectivity index (χ2v) is 9.90. The lowest BCUT2D eigenvalue weighted by Crippen LogP contribution is -2.35. The highest BCUT2D eigenvalue weighted by Crippen LogP contribution is 2.30. The lowest BCUT2D eigenvalue weighted by Gasteiger charge is -2.19. The normalized spacial score (nSPS) is 12.0. The summed E-state index contributed by atoms with van der Waals surface area (Å²) in [5.41, 5.74) is 2.91. The van der Waals surface area contributed by atoms with E-state index in [-0.39, 0.29) is 6.10 Å². The lowest BCUT2D eigenvalue weighted by atomic mass is 10.1. The van der Waals surface area contributed by atoms with Gasteiger partial charge in [0.1, 0.15) is 43.9 Å². The number of hydrogen-bond donors (Lipinski definition) is 0. The Morgan fingerprint density at radius 2 is 1.60 bits per heavy atom. The molecule has 1 unspecified atom stereocenters. The van der Waals surface area contributed by atoms with Gasteiger partial charge in [-0.1, -0.05) is 76.2 Å². The van der Waals surface area contributed by atoms with E-state index in [1.165, 1.54) is 5.56 Å². The second kappa shape index (κ2) is 12.2. The third kappa shape index (κ3) is 7.39. The molecule has 0 saturated carbocycles. The first-order chi connectivity index (χ1) is 16.9. The van der Waals surface area contributed by atoms with Crippen LogP contribution in [0.1, 0.15) is 22.8 Å². The molecule has 0 N–H and O–H groups in total. The zero-order chi connectivity index (χ0) is 24.8. The molecule has 4 nitrogen and oxygen atoms in total. The molecule has 0 aliphatic carbocycles. The van der Waals surface area contributed by atoms with Gasteiger partial charge in [0.05, 0.1) is 6.61 Å². The van der Waals surface area contributed by atoms with Crippen LogP contribution in [0.4, 0.5) is 0 Å². The average Bonchev–Trinajstić information content (AvgIpc) is 3.26. The smallest absolute Gasteiger partial charge is 0.243 e. The number of ether oxygens (including phenoxy) is 2. The molecule has 1 atom stereocenters. The first-order valence-electron chi connectivity index (χ1n) is 11.1. The Bertz CT molecular complexity index is 1270. The van der Waals surface area contributed by atoms with Crippen LogP contribution < -0.4 is 9.30 Å². The van der Waals surface area contributed by atoms with Crippen molar-refractivity contribution >= 4 is 46.4 Å². The highest BCUT2D eigenvalue weighted by molar-refractivity contribution is 6.35. The van der Waals surface area contributed by atoms with E-state index in [0.29, 0.717) is 46.4 Å². The number of hydrogen-bond acceptors (Lipinski definition) is 2. The van der Waals surface area contributed by atoms with Gasteiger partial charge in [-0.3, -0.25) is 0 Å². The number of imidazole rings is 1. The van der Waals surface area contributed by atoms with Crippen molar-refractivity contribution in [1.82, 2.24) is 4.57 Å². The van der Waals surface area contributed by atoms with Crippen molar-refractivity contribution < 1.29 is 14.0 Å². The predicted molar refractivity (Wildman–Crippen MR) is 142 cm³/mol. The third-order valence-corrected chi connectivity index (χ3v) is 6.68. The molecule has 0 spiro atoms. The predicted octanol–water partition coefficient (Wildman–Crippen LogP) is 7.73. The largest absolute Gasteiger partial charge is 0.489 e. The first-order valence-corrected chi connectivity index (χ1v) is 12.6. The van der Waals surface area contributed by atoms with Crippen LogP contribution in [-0.4, -0.2) is 11.2 Å². The summed E-state index contributed by atoms with van der Waals surface area (Å²) in [7, 11) is 0. The fourth-order valence-electron chi connectivity index (χ4n) is 3.61. The maximum Gasteiger partial charge on any atom is 0.243 e. The van der Waals surface area contributed by atoms with Gasteiger partial charge in [0.25, 0.3) is 0 Å². The van der Waals surface area contributed by atoms with Crippen LogP contribution in [0.3, 0.4) is 0 Å². The monoisotopic (exact) mass is 549 g/mol. The molecule has 0 fully saturated rings. The summed E-state index contributed by atoms with van der Waals surface area (Å²) in [6.07, 6.45) is 5.71. The molecule has 0 bridgehead atoms. The van der Waals surface area contributed by atoms with Gasteiger partial charge in [-0.15, -0.1) is 0 Å². The highest BCUT2D eigenvalue weighted by atomic mass is 35.5. The summed E-state index contributed by atoms with van der Waals surface area (Å²) in [6, 6.07) is 18.8. The summed E-state index contributed by atoms with van der Waals surface area (Å²) >= 11 is 25.0. The molecule has 4 aromatic rings. The van der Waals surface area contributed by atoms with Gasteiger partial charge >= 0.3 is 0 Å². The molecule has 4 rings (SSSR count).